The molecule has 0 bridgehead atoms. The summed E-state index contributed by atoms with van der Waals surface area (Å²) in [5, 5.41) is 2.94. The summed E-state index contributed by atoms with van der Waals surface area (Å²) in [6.07, 6.45) is 0.781. The third kappa shape index (κ3) is 2.99. The minimum Gasteiger partial charge on any atom is -0.464 e. The Bertz CT molecular complexity index is 763. The molecule has 1 aromatic heterocycles. The zero-order chi connectivity index (χ0) is 16.6. The van der Waals surface area contributed by atoms with Gasteiger partial charge >= 0.3 is 0 Å². The summed E-state index contributed by atoms with van der Waals surface area (Å²) in [6, 6.07) is 9.03. The summed E-state index contributed by atoms with van der Waals surface area (Å²) in [6.45, 7) is 6.00. The minimum atomic E-state index is -0.196. The van der Waals surface area contributed by atoms with Gasteiger partial charge in [0.25, 0.3) is 5.91 Å². The van der Waals surface area contributed by atoms with Gasteiger partial charge in [-0.25, -0.2) is 0 Å². The highest BCUT2D eigenvalue weighted by atomic mass is 16.3. The highest BCUT2D eigenvalue weighted by Crippen LogP contribution is 2.29. The molecule has 1 aromatic carbocycles. The molecule has 0 fully saturated rings. The molecular weight excluding hydrogens is 292 g/mol. The van der Waals surface area contributed by atoms with Crippen LogP contribution in [0.1, 0.15) is 47.3 Å². The lowest BCUT2D eigenvalue weighted by atomic mass is 10.1. The van der Waals surface area contributed by atoms with Gasteiger partial charge in [-0.3, -0.25) is 9.59 Å². The first-order chi connectivity index (χ1) is 11.0. The van der Waals surface area contributed by atoms with E-state index in [9.17, 15) is 9.59 Å². The maximum Gasteiger partial charge on any atom is 0.251 e. The summed E-state index contributed by atoms with van der Waals surface area (Å²) in [5.74, 6) is 1.45. The van der Waals surface area contributed by atoms with E-state index in [1.807, 2.05) is 38.1 Å². The van der Waals surface area contributed by atoms with Crippen molar-refractivity contribution in [3.63, 3.8) is 0 Å². The number of nitrogens with one attached hydrogen (secondary N) is 1. The Hall–Kier alpha value is -2.56. The average Bonchev–Trinajstić information content (AvgIpc) is 3.12. The second-order valence-electron chi connectivity index (χ2n) is 5.91. The number of furan rings is 1. The van der Waals surface area contributed by atoms with Gasteiger partial charge in [-0.05, 0) is 56.2 Å². The van der Waals surface area contributed by atoms with E-state index in [-0.39, 0.29) is 17.9 Å². The Kier molecular flexibility index (Phi) is 3.94. The van der Waals surface area contributed by atoms with E-state index in [0.29, 0.717) is 12.1 Å². The fraction of sp³-hybridized carbons (Fsp3) is 0.333. The molecule has 0 unspecified atom stereocenters. The van der Waals surface area contributed by atoms with Crippen LogP contribution < -0.4 is 10.2 Å². The van der Waals surface area contributed by atoms with E-state index in [2.05, 4.69) is 5.32 Å². The Balaban J connectivity index is 1.75. The number of carbonyl (C=O) groups is 2. The lowest BCUT2D eigenvalue weighted by Gasteiger charge is -2.15. The molecule has 2 amide bonds. The van der Waals surface area contributed by atoms with Gasteiger partial charge in [0.1, 0.15) is 11.5 Å². The van der Waals surface area contributed by atoms with E-state index in [1.54, 1.807) is 17.9 Å². The third-order valence-corrected chi connectivity index (χ3v) is 4.15. The van der Waals surface area contributed by atoms with Gasteiger partial charge in [-0.15, -0.1) is 0 Å². The van der Waals surface area contributed by atoms with Crippen molar-refractivity contribution < 1.29 is 14.0 Å². The molecule has 23 heavy (non-hydrogen) atoms. The first-order valence-electron chi connectivity index (χ1n) is 7.74. The summed E-state index contributed by atoms with van der Waals surface area (Å²) >= 11 is 0. The molecule has 1 N–H and O–H groups in total. The number of rotatable bonds is 3. The van der Waals surface area contributed by atoms with Crippen LogP contribution in [0, 0.1) is 6.92 Å². The van der Waals surface area contributed by atoms with Crippen LogP contribution in [0.5, 0.6) is 0 Å². The van der Waals surface area contributed by atoms with E-state index >= 15 is 0 Å². The number of anilines is 1. The van der Waals surface area contributed by atoms with Gasteiger partial charge in [-0.2, -0.15) is 0 Å². The van der Waals surface area contributed by atoms with Crippen molar-refractivity contribution in [2.45, 2.75) is 33.2 Å². The maximum atomic E-state index is 12.4. The topological polar surface area (TPSA) is 62.6 Å². The van der Waals surface area contributed by atoms with Crippen molar-refractivity contribution in [2.75, 3.05) is 11.4 Å². The monoisotopic (exact) mass is 312 g/mol. The molecule has 5 heteroatoms. The van der Waals surface area contributed by atoms with Crippen LogP contribution in [0.25, 0.3) is 0 Å². The molecule has 0 spiro atoms. The molecule has 0 radical (unpaired) electrons. The zero-order valence-corrected chi connectivity index (χ0v) is 13.6. The van der Waals surface area contributed by atoms with Gasteiger partial charge in [0.05, 0.1) is 6.04 Å². The lowest BCUT2D eigenvalue weighted by molar-refractivity contribution is -0.116. The molecule has 0 aliphatic carbocycles. The number of amides is 2. The Morgan fingerprint density at radius 2 is 2.04 bits per heavy atom. The van der Waals surface area contributed by atoms with Crippen LogP contribution in [0.4, 0.5) is 5.69 Å². The van der Waals surface area contributed by atoms with Gasteiger partial charge < -0.3 is 14.6 Å². The van der Waals surface area contributed by atoms with E-state index in [4.69, 9.17) is 4.42 Å². The maximum absolute atomic E-state index is 12.4. The van der Waals surface area contributed by atoms with E-state index < -0.39 is 0 Å². The van der Waals surface area contributed by atoms with E-state index in [0.717, 1.165) is 29.2 Å². The van der Waals surface area contributed by atoms with E-state index in [1.165, 1.54) is 0 Å². The van der Waals surface area contributed by atoms with Gasteiger partial charge in [0, 0.05) is 24.7 Å². The molecule has 5 nitrogen and oxygen atoms in total. The second kappa shape index (κ2) is 5.91. The molecule has 1 aliphatic rings. The fourth-order valence-corrected chi connectivity index (χ4v) is 2.91. The van der Waals surface area contributed by atoms with Gasteiger partial charge in [-0.1, -0.05) is 0 Å². The largest absolute Gasteiger partial charge is 0.464 e. The molecule has 1 aliphatic heterocycles. The SMILES string of the molecule is CC(=O)N1CCc2cc(C(=O)N[C@@H](C)c3ccc(C)o3)ccc21. The first-order valence-corrected chi connectivity index (χ1v) is 7.74. The molecule has 0 saturated carbocycles. The van der Waals surface area contributed by atoms with Crippen molar-refractivity contribution in [2.24, 2.45) is 0 Å². The minimum absolute atomic E-state index is 0.0303. The van der Waals surface area contributed by atoms with Gasteiger partial charge in [0.2, 0.25) is 5.91 Å². The Labute approximate surface area is 135 Å². The number of carbonyl (C=O) groups excluding carboxylic acids is 2. The number of fused-ring (bicyclic) bond motifs is 1. The lowest BCUT2D eigenvalue weighted by Crippen LogP contribution is -2.27. The standard InChI is InChI=1S/C18H20N2O3/c1-11-4-7-17(23-11)12(2)19-18(22)15-5-6-16-14(10-15)8-9-20(16)13(3)21/h4-7,10,12H,8-9H2,1-3H3,(H,19,22)/t12-/m0/s1. The van der Waals surface area contributed by atoms with Crippen LogP contribution in [-0.2, 0) is 11.2 Å². The molecule has 0 saturated heterocycles. The summed E-state index contributed by atoms with van der Waals surface area (Å²) in [5.41, 5.74) is 2.54. The van der Waals surface area contributed by atoms with Crippen molar-refractivity contribution >= 4 is 17.5 Å². The number of nitrogens with zero attached hydrogens (tertiary/aromatic N) is 1. The summed E-state index contributed by atoms with van der Waals surface area (Å²) < 4.78 is 5.54. The number of hydrogen-bond acceptors (Lipinski definition) is 3. The number of aryl methyl sites for hydroxylation is 1. The highest BCUT2D eigenvalue weighted by molar-refractivity contribution is 5.98. The predicted octanol–water partition coefficient (Wildman–Crippen LogP) is 2.99. The van der Waals surface area contributed by atoms with Crippen LogP contribution in [0.3, 0.4) is 0 Å². The van der Waals surface area contributed by atoms with Crippen molar-refractivity contribution in [3.05, 3.63) is 53.0 Å². The average molecular weight is 312 g/mol. The van der Waals surface area contributed by atoms with Crippen LogP contribution in [0.2, 0.25) is 0 Å². The Morgan fingerprint density at radius 1 is 1.26 bits per heavy atom. The smallest absolute Gasteiger partial charge is 0.251 e. The first kappa shape index (κ1) is 15.3. The molecule has 3 rings (SSSR count). The normalized spacial score (nSPS) is 14.5. The number of hydrogen-bond donors (Lipinski definition) is 1. The van der Waals surface area contributed by atoms with Crippen molar-refractivity contribution in [1.29, 1.82) is 0 Å². The molecular formula is C18H20N2O3. The fourth-order valence-electron chi connectivity index (χ4n) is 2.91. The van der Waals surface area contributed by atoms with Crippen molar-refractivity contribution in [3.8, 4) is 0 Å². The molecule has 2 aromatic rings. The molecule has 1 atom stereocenters. The Morgan fingerprint density at radius 3 is 2.70 bits per heavy atom. The van der Waals surface area contributed by atoms with Crippen LogP contribution in [-0.4, -0.2) is 18.4 Å². The quantitative estimate of drug-likeness (QED) is 0.947. The van der Waals surface area contributed by atoms with Gasteiger partial charge in [0.15, 0.2) is 0 Å². The summed E-state index contributed by atoms with van der Waals surface area (Å²) in [4.78, 5) is 25.7. The molecule has 2 heterocycles. The summed E-state index contributed by atoms with van der Waals surface area (Å²) in [7, 11) is 0. The third-order valence-electron chi connectivity index (χ3n) is 4.15. The predicted molar refractivity (Wildman–Crippen MR) is 87.5 cm³/mol. The van der Waals surface area contributed by atoms with Crippen LogP contribution in [0.15, 0.2) is 34.7 Å². The van der Waals surface area contributed by atoms with Crippen LogP contribution >= 0.6 is 0 Å². The second-order valence-corrected chi connectivity index (χ2v) is 5.91. The number of benzene rings is 1. The zero-order valence-electron chi connectivity index (χ0n) is 13.6. The highest BCUT2D eigenvalue weighted by Gasteiger charge is 2.23. The molecule has 120 valence electrons. The van der Waals surface area contributed by atoms with Crippen molar-refractivity contribution in [1.82, 2.24) is 5.32 Å².